The van der Waals surface area contributed by atoms with Crippen LogP contribution >= 0.6 is 0 Å². The number of ether oxygens (including phenoxy) is 1. The van der Waals surface area contributed by atoms with Gasteiger partial charge in [0.2, 0.25) is 0 Å². The summed E-state index contributed by atoms with van der Waals surface area (Å²) in [6, 6.07) is 9.38. The van der Waals surface area contributed by atoms with Gasteiger partial charge >= 0.3 is 5.97 Å². The van der Waals surface area contributed by atoms with Crippen LogP contribution in [0.1, 0.15) is 15.9 Å². The lowest BCUT2D eigenvalue weighted by Gasteiger charge is -2.25. The van der Waals surface area contributed by atoms with Crippen LogP contribution in [0, 0.1) is 17.0 Å². The number of carbonyl (C=O) groups excluding carboxylic acids is 1. The third-order valence-corrected chi connectivity index (χ3v) is 5.67. The van der Waals surface area contributed by atoms with Crippen molar-refractivity contribution in [3.05, 3.63) is 76.4 Å². The largest absolute Gasteiger partial charge is 0.465 e. The molecule has 0 spiro atoms. The predicted octanol–water partition coefficient (Wildman–Crippen LogP) is 3.07. The van der Waals surface area contributed by atoms with Crippen LogP contribution in [0.25, 0.3) is 0 Å². The summed E-state index contributed by atoms with van der Waals surface area (Å²) < 4.78 is 32.0. The standard InChI is InChI=1S/C18H18N2O6S/c1-4-11-19(17-10-6-9-16(13(17)2)18(21)26-3)27(24,25)15-8-5-7-14(12-15)20(22)23/h4-10,12H,1,11H2,2-3H3. The Morgan fingerprint density at radius 1 is 1.30 bits per heavy atom. The van der Waals surface area contributed by atoms with Crippen molar-refractivity contribution in [1.29, 1.82) is 0 Å². The van der Waals surface area contributed by atoms with E-state index in [0.29, 0.717) is 5.56 Å². The molecule has 0 heterocycles. The summed E-state index contributed by atoms with van der Waals surface area (Å²) in [4.78, 5) is 22.0. The quantitative estimate of drug-likeness (QED) is 0.311. The highest BCUT2D eigenvalue weighted by Gasteiger charge is 2.28. The summed E-state index contributed by atoms with van der Waals surface area (Å²) in [7, 11) is -2.91. The van der Waals surface area contributed by atoms with Gasteiger partial charge in [0.25, 0.3) is 15.7 Å². The Morgan fingerprint density at radius 3 is 2.56 bits per heavy atom. The molecule has 0 N–H and O–H groups in total. The van der Waals surface area contributed by atoms with Crippen LogP contribution in [0.5, 0.6) is 0 Å². The number of nitro groups is 1. The molecular weight excluding hydrogens is 372 g/mol. The number of non-ortho nitro benzene ring substituents is 1. The topological polar surface area (TPSA) is 107 Å². The molecule has 2 aromatic carbocycles. The summed E-state index contributed by atoms with van der Waals surface area (Å²) in [5.74, 6) is -0.597. The number of methoxy groups -OCH3 is 1. The van der Waals surface area contributed by atoms with E-state index in [9.17, 15) is 23.3 Å². The molecule has 0 unspecified atom stereocenters. The first kappa shape index (κ1) is 20.1. The molecule has 0 saturated heterocycles. The highest BCUT2D eigenvalue weighted by Crippen LogP contribution is 2.30. The van der Waals surface area contributed by atoms with Crippen LogP contribution in [0.15, 0.2) is 60.0 Å². The summed E-state index contributed by atoms with van der Waals surface area (Å²) in [5.41, 5.74) is 0.539. The zero-order valence-corrected chi connectivity index (χ0v) is 15.6. The molecule has 0 saturated carbocycles. The molecule has 2 rings (SSSR count). The fraction of sp³-hybridized carbons (Fsp3) is 0.167. The van der Waals surface area contributed by atoms with Gasteiger partial charge in [0.15, 0.2) is 0 Å². The number of nitro benzene ring substituents is 1. The molecule has 0 aliphatic heterocycles. The lowest BCUT2D eigenvalue weighted by atomic mass is 10.1. The number of hydrogen-bond donors (Lipinski definition) is 0. The lowest BCUT2D eigenvalue weighted by molar-refractivity contribution is -0.385. The van der Waals surface area contributed by atoms with Crippen molar-refractivity contribution >= 4 is 27.4 Å². The Kier molecular flexibility index (Phi) is 5.96. The van der Waals surface area contributed by atoms with E-state index in [1.165, 1.54) is 43.5 Å². The molecule has 27 heavy (non-hydrogen) atoms. The number of carbonyl (C=O) groups is 1. The minimum Gasteiger partial charge on any atom is -0.465 e. The zero-order chi connectivity index (χ0) is 20.2. The molecule has 0 amide bonds. The van der Waals surface area contributed by atoms with Crippen molar-refractivity contribution in [3.63, 3.8) is 0 Å². The second-order valence-corrected chi connectivity index (χ2v) is 7.38. The van der Waals surface area contributed by atoms with Gasteiger partial charge < -0.3 is 4.74 Å². The van der Waals surface area contributed by atoms with Crippen LogP contribution in [0.3, 0.4) is 0 Å². The molecule has 8 nitrogen and oxygen atoms in total. The van der Waals surface area contributed by atoms with Gasteiger partial charge in [-0.15, -0.1) is 6.58 Å². The van der Waals surface area contributed by atoms with E-state index in [1.54, 1.807) is 13.0 Å². The van der Waals surface area contributed by atoms with Crippen molar-refractivity contribution in [1.82, 2.24) is 0 Å². The highest BCUT2D eigenvalue weighted by molar-refractivity contribution is 7.92. The van der Waals surface area contributed by atoms with Crippen molar-refractivity contribution < 1.29 is 22.9 Å². The SMILES string of the molecule is C=CCN(c1cccc(C(=O)OC)c1C)S(=O)(=O)c1cccc([N+](=O)[O-])c1. The fourth-order valence-electron chi connectivity index (χ4n) is 2.55. The van der Waals surface area contributed by atoms with E-state index in [2.05, 4.69) is 6.58 Å². The van der Waals surface area contributed by atoms with E-state index >= 15 is 0 Å². The number of hydrogen-bond acceptors (Lipinski definition) is 6. The van der Waals surface area contributed by atoms with Gasteiger partial charge in [-0.1, -0.05) is 18.2 Å². The second-order valence-electron chi connectivity index (χ2n) is 5.52. The Bertz CT molecular complexity index is 1000. The van der Waals surface area contributed by atoms with Gasteiger partial charge in [-0.2, -0.15) is 0 Å². The third kappa shape index (κ3) is 3.98. The molecule has 2 aromatic rings. The van der Waals surface area contributed by atoms with Crippen LogP contribution in [0.4, 0.5) is 11.4 Å². The molecule has 0 aliphatic rings. The molecular formula is C18H18N2O6S. The predicted molar refractivity (Wildman–Crippen MR) is 100 cm³/mol. The summed E-state index contributed by atoms with van der Waals surface area (Å²) in [6.45, 7) is 5.09. The lowest BCUT2D eigenvalue weighted by Crippen LogP contribution is -2.32. The minimum absolute atomic E-state index is 0.0868. The number of sulfonamides is 1. The average Bonchev–Trinajstić information content (AvgIpc) is 2.66. The van der Waals surface area contributed by atoms with Crippen LogP contribution in [-0.2, 0) is 14.8 Å². The fourth-order valence-corrected chi connectivity index (χ4v) is 4.09. The number of anilines is 1. The van der Waals surface area contributed by atoms with Gasteiger partial charge in [0.1, 0.15) is 0 Å². The van der Waals surface area contributed by atoms with E-state index in [0.717, 1.165) is 10.4 Å². The molecule has 0 fully saturated rings. The smallest absolute Gasteiger partial charge is 0.338 e. The number of nitrogens with zero attached hydrogens (tertiary/aromatic N) is 2. The van der Waals surface area contributed by atoms with Crippen LogP contribution in [0.2, 0.25) is 0 Å². The summed E-state index contributed by atoms with van der Waals surface area (Å²) >= 11 is 0. The molecule has 142 valence electrons. The highest BCUT2D eigenvalue weighted by atomic mass is 32.2. The maximum absolute atomic E-state index is 13.1. The molecule has 0 bridgehead atoms. The van der Waals surface area contributed by atoms with Crippen LogP contribution < -0.4 is 4.31 Å². The Morgan fingerprint density at radius 2 is 1.96 bits per heavy atom. The normalized spacial score (nSPS) is 10.9. The van der Waals surface area contributed by atoms with Crippen molar-refractivity contribution in [2.24, 2.45) is 0 Å². The van der Waals surface area contributed by atoms with E-state index < -0.39 is 20.9 Å². The molecule has 0 aliphatic carbocycles. The second kappa shape index (κ2) is 8.00. The maximum atomic E-state index is 13.1. The number of esters is 1. The van der Waals surface area contributed by atoms with Gasteiger partial charge in [0, 0.05) is 12.1 Å². The number of benzene rings is 2. The minimum atomic E-state index is -4.14. The first-order valence-electron chi connectivity index (χ1n) is 7.80. The van der Waals surface area contributed by atoms with Crippen LogP contribution in [-0.4, -0.2) is 33.0 Å². The molecule has 0 radical (unpaired) electrons. The molecule has 0 aromatic heterocycles. The average molecular weight is 390 g/mol. The monoisotopic (exact) mass is 390 g/mol. The Hall–Kier alpha value is -3.20. The van der Waals surface area contributed by atoms with E-state index in [1.807, 2.05) is 0 Å². The van der Waals surface area contributed by atoms with Gasteiger partial charge in [-0.25, -0.2) is 13.2 Å². The molecule has 9 heteroatoms. The van der Waals surface area contributed by atoms with Crippen molar-refractivity contribution in [2.75, 3.05) is 18.0 Å². The van der Waals surface area contributed by atoms with Crippen molar-refractivity contribution in [3.8, 4) is 0 Å². The van der Waals surface area contributed by atoms with Gasteiger partial charge in [-0.05, 0) is 30.7 Å². The first-order valence-corrected chi connectivity index (χ1v) is 9.24. The third-order valence-electron chi connectivity index (χ3n) is 3.89. The Labute approximate surface area is 156 Å². The first-order chi connectivity index (χ1) is 12.7. The Balaban J connectivity index is 2.64. The summed E-state index contributed by atoms with van der Waals surface area (Å²) in [5, 5.41) is 11.0. The van der Waals surface area contributed by atoms with Crippen molar-refractivity contribution in [2.45, 2.75) is 11.8 Å². The summed E-state index contributed by atoms with van der Waals surface area (Å²) in [6.07, 6.45) is 1.39. The maximum Gasteiger partial charge on any atom is 0.338 e. The van der Waals surface area contributed by atoms with E-state index in [-0.39, 0.29) is 28.4 Å². The van der Waals surface area contributed by atoms with E-state index in [4.69, 9.17) is 4.74 Å². The van der Waals surface area contributed by atoms with Gasteiger partial charge in [0.05, 0.1) is 34.7 Å². The molecule has 0 atom stereocenters. The number of rotatable bonds is 7. The zero-order valence-electron chi connectivity index (χ0n) is 14.8. The van der Waals surface area contributed by atoms with Gasteiger partial charge in [-0.3, -0.25) is 14.4 Å².